The molecule has 0 N–H and O–H groups in total. The van der Waals surface area contributed by atoms with Gasteiger partial charge in [0, 0.05) is 0 Å². The van der Waals surface area contributed by atoms with Crippen LogP contribution in [-0.4, -0.2) is 5.92 Å². The van der Waals surface area contributed by atoms with Crippen LogP contribution in [0.25, 0.3) is 0 Å². The first-order valence-electron chi connectivity index (χ1n) is 2.90. The summed E-state index contributed by atoms with van der Waals surface area (Å²) in [7, 11) is 0. The third-order valence-electron chi connectivity index (χ3n) is 1.43. The maximum Gasteiger partial charge on any atom is 0.243 e. The molecule has 48 valence electrons. The molecule has 8 heavy (non-hydrogen) atoms. The highest BCUT2D eigenvalue weighted by Crippen LogP contribution is 2.31. The van der Waals surface area contributed by atoms with Crippen LogP contribution in [0.2, 0.25) is 0 Å². The van der Waals surface area contributed by atoms with Crippen LogP contribution in [0.15, 0.2) is 0 Å². The van der Waals surface area contributed by atoms with E-state index in [1.807, 2.05) is 6.42 Å². The molecule has 1 aliphatic carbocycles. The lowest BCUT2D eigenvalue weighted by molar-refractivity contribution is -0.0254. The quantitative estimate of drug-likeness (QED) is 0.429. The monoisotopic (exact) mass is 119 g/mol. The smallest absolute Gasteiger partial charge is 0.243 e. The van der Waals surface area contributed by atoms with E-state index >= 15 is 0 Å². The normalized spacial score (nSPS) is 27.8. The van der Waals surface area contributed by atoms with Crippen molar-refractivity contribution in [3.05, 3.63) is 6.42 Å². The molecule has 2 heteroatoms. The first-order chi connectivity index (χ1) is 3.71. The van der Waals surface area contributed by atoms with Gasteiger partial charge in [-0.25, -0.2) is 8.78 Å². The second-order valence-electron chi connectivity index (χ2n) is 2.22. The largest absolute Gasteiger partial charge is 0.328 e. The first kappa shape index (κ1) is 5.99. The Hall–Kier alpha value is -0.140. The summed E-state index contributed by atoms with van der Waals surface area (Å²) < 4.78 is 24.4. The van der Waals surface area contributed by atoms with Gasteiger partial charge in [0.15, 0.2) is 0 Å². The SMILES string of the molecule is FC1(F)CC[CH-]CC1. The lowest BCUT2D eigenvalue weighted by atomic mass is 9.97. The van der Waals surface area contributed by atoms with Crippen molar-refractivity contribution in [2.24, 2.45) is 0 Å². The molecule has 0 saturated heterocycles. The van der Waals surface area contributed by atoms with Crippen molar-refractivity contribution in [1.29, 1.82) is 0 Å². The van der Waals surface area contributed by atoms with Gasteiger partial charge in [0.25, 0.3) is 0 Å². The van der Waals surface area contributed by atoms with E-state index in [0.717, 1.165) is 0 Å². The van der Waals surface area contributed by atoms with Crippen LogP contribution in [-0.2, 0) is 0 Å². The molecule has 0 heterocycles. The van der Waals surface area contributed by atoms with E-state index in [1.54, 1.807) is 0 Å². The van der Waals surface area contributed by atoms with Crippen molar-refractivity contribution in [1.82, 2.24) is 0 Å². The van der Waals surface area contributed by atoms with E-state index in [1.165, 1.54) is 0 Å². The highest BCUT2D eigenvalue weighted by atomic mass is 19.3. The topological polar surface area (TPSA) is 0 Å². The average Bonchev–Trinajstić information content (AvgIpc) is 1.65. The summed E-state index contributed by atoms with van der Waals surface area (Å²) in [5.74, 6) is -2.35. The van der Waals surface area contributed by atoms with Gasteiger partial charge in [0.05, 0.1) is 0 Å². The lowest BCUT2D eigenvalue weighted by Crippen LogP contribution is -2.19. The molecule has 0 atom stereocenters. The number of rotatable bonds is 0. The first-order valence-corrected chi connectivity index (χ1v) is 2.90. The molecular formula is C6H9F2-. The summed E-state index contributed by atoms with van der Waals surface area (Å²) in [6.45, 7) is 0. The second-order valence-corrected chi connectivity index (χ2v) is 2.22. The third kappa shape index (κ3) is 1.42. The van der Waals surface area contributed by atoms with Gasteiger partial charge in [0.1, 0.15) is 0 Å². The van der Waals surface area contributed by atoms with E-state index in [0.29, 0.717) is 12.8 Å². The molecule has 0 bridgehead atoms. The van der Waals surface area contributed by atoms with Crippen LogP contribution in [0.3, 0.4) is 0 Å². The Morgan fingerprint density at radius 1 is 1.12 bits per heavy atom. The van der Waals surface area contributed by atoms with Gasteiger partial charge in [-0.2, -0.15) is 12.8 Å². The lowest BCUT2D eigenvalue weighted by Gasteiger charge is -2.26. The number of halogens is 2. The highest BCUT2D eigenvalue weighted by molar-refractivity contribution is 4.80. The number of hydrogen-bond donors (Lipinski definition) is 0. The molecule has 1 fully saturated rings. The molecule has 0 aromatic rings. The zero-order chi connectivity index (χ0) is 6.04. The van der Waals surface area contributed by atoms with Crippen LogP contribution < -0.4 is 0 Å². The van der Waals surface area contributed by atoms with Gasteiger partial charge in [-0.1, -0.05) is 0 Å². The van der Waals surface area contributed by atoms with Gasteiger partial charge in [-0.3, -0.25) is 0 Å². The Morgan fingerprint density at radius 3 is 1.88 bits per heavy atom. The average molecular weight is 119 g/mol. The fourth-order valence-electron chi connectivity index (χ4n) is 0.896. The number of alkyl halides is 2. The van der Waals surface area contributed by atoms with Crippen molar-refractivity contribution in [3.8, 4) is 0 Å². The van der Waals surface area contributed by atoms with Crippen LogP contribution >= 0.6 is 0 Å². The second kappa shape index (κ2) is 2.00. The van der Waals surface area contributed by atoms with Crippen LogP contribution in [0.4, 0.5) is 8.78 Å². The molecule has 1 saturated carbocycles. The molecule has 0 aromatic heterocycles. The van der Waals surface area contributed by atoms with E-state index in [4.69, 9.17) is 0 Å². The Morgan fingerprint density at radius 2 is 1.62 bits per heavy atom. The standard InChI is InChI=1S/C6H9F2/c7-6(8)4-2-1-3-5-6/h1H,2-5H2/q-1. The summed E-state index contributed by atoms with van der Waals surface area (Å²) in [5.41, 5.74) is 0. The van der Waals surface area contributed by atoms with Gasteiger partial charge < -0.3 is 6.42 Å². The van der Waals surface area contributed by atoms with E-state index < -0.39 is 5.92 Å². The molecule has 0 amide bonds. The molecule has 1 rings (SSSR count). The maximum atomic E-state index is 12.2. The predicted octanol–water partition coefficient (Wildman–Crippen LogP) is 2.40. The minimum atomic E-state index is -2.35. The molecule has 0 aliphatic heterocycles. The molecule has 0 radical (unpaired) electrons. The number of hydrogen-bond acceptors (Lipinski definition) is 0. The van der Waals surface area contributed by atoms with Crippen LogP contribution in [0.1, 0.15) is 25.7 Å². The predicted molar refractivity (Wildman–Crippen MR) is 27.7 cm³/mol. The van der Waals surface area contributed by atoms with Crippen LogP contribution in [0, 0.1) is 6.42 Å². The van der Waals surface area contributed by atoms with Crippen molar-refractivity contribution in [2.75, 3.05) is 0 Å². The Balaban J connectivity index is 2.33. The maximum absolute atomic E-state index is 12.2. The molecule has 0 aromatic carbocycles. The molecule has 0 spiro atoms. The highest BCUT2D eigenvalue weighted by Gasteiger charge is 2.26. The molecule has 1 aliphatic rings. The van der Waals surface area contributed by atoms with Crippen LogP contribution in [0.5, 0.6) is 0 Å². The minimum absolute atomic E-state index is 0.0625. The Labute approximate surface area is 47.9 Å². The molecule has 0 unspecified atom stereocenters. The fraction of sp³-hybridized carbons (Fsp3) is 0.833. The van der Waals surface area contributed by atoms with E-state index in [-0.39, 0.29) is 12.8 Å². The van der Waals surface area contributed by atoms with Crippen molar-refractivity contribution < 1.29 is 8.78 Å². The van der Waals surface area contributed by atoms with Gasteiger partial charge in [-0.05, 0) is 12.8 Å². The summed E-state index contributed by atoms with van der Waals surface area (Å²) >= 11 is 0. The Bertz CT molecular complexity index is 70.6. The molecule has 0 nitrogen and oxygen atoms in total. The summed E-state index contributed by atoms with van der Waals surface area (Å²) in [6, 6.07) is 0. The Kier molecular flexibility index (Phi) is 1.49. The minimum Gasteiger partial charge on any atom is -0.328 e. The van der Waals surface area contributed by atoms with E-state index in [9.17, 15) is 8.78 Å². The third-order valence-corrected chi connectivity index (χ3v) is 1.43. The zero-order valence-electron chi connectivity index (χ0n) is 4.66. The van der Waals surface area contributed by atoms with Crippen molar-refractivity contribution >= 4 is 0 Å². The van der Waals surface area contributed by atoms with Crippen molar-refractivity contribution in [3.63, 3.8) is 0 Å². The summed E-state index contributed by atoms with van der Waals surface area (Å²) in [4.78, 5) is 0. The fourth-order valence-corrected chi connectivity index (χ4v) is 0.896. The zero-order valence-corrected chi connectivity index (χ0v) is 4.66. The van der Waals surface area contributed by atoms with E-state index in [2.05, 4.69) is 0 Å². The van der Waals surface area contributed by atoms with Gasteiger partial charge >= 0.3 is 0 Å². The summed E-state index contributed by atoms with van der Waals surface area (Å²) in [5, 5.41) is 0. The van der Waals surface area contributed by atoms with Gasteiger partial charge in [0.2, 0.25) is 5.92 Å². The van der Waals surface area contributed by atoms with Crippen molar-refractivity contribution in [2.45, 2.75) is 31.6 Å². The summed E-state index contributed by atoms with van der Waals surface area (Å²) in [6.07, 6.45) is 3.23. The van der Waals surface area contributed by atoms with Gasteiger partial charge in [-0.15, -0.1) is 0 Å². The molecular weight excluding hydrogens is 110 g/mol.